The van der Waals surface area contributed by atoms with Gasteiger partial charge in [0, 0.05) is 18.9 Å². The summed E-state index contributed by atoms with van der Waals surface area (Å²) in [5.74, 6) is 0. The first-order valence-electron chi connectivity index (χ1n) is 4.20. The number of aliphatic hydroxyl groups is 1. The van der Waals surface area contributed by atoms with Gasteiger partial charge < -0.3 is 15.2 Å². The molecule has 5 nitrogen and oxygen atoms in total. The third kappa shape index (κ3) is 3.86. The first-order valence-corrected chi connectivity index (χ1v) is 4.20. The van der Waals surface area contributed by atoms with Gasteiger partial charge in [-0.2, -0.15) is 0 Å². The highest BCUT2D eigenvalue weighted by Gasteiger charge is 2.04. The van der Waals surface area contributed by atoms with Crippen LogP contribution in [-0.4, -0.2) is 22.5 Å². The van der Waals surface area contributed by atoms with Gasteiger partial charge in [0.25, 0.3) is 0 Å². The zero-order valence-electron chi connectivity index (χ0n) is 7.80. The summed E-state index contributed by atoms with van der Waals surface area (Å²) in [7, 11) is 0. The summed E-state index contributed by atoms with van der Waals surface area (Å²) in [6.07, 6.45) is 1.55. The SMILES string of the molecule is CC(O)OC(=O)NCc1cccnc1. The second-order valence-corrected chi connectivity index (χ2v) is 2.72. The van der Waals surface area contributed by atoms with Crippen LogP contribution in [0.1, 0.15) is 12.5 Å². The van der Waals surface area contributed by atoms with Gasteiger partial charge in [-0.3, -0.25) is 4.98 Å². The van der Waals surface area contributed by atoms with E-state index in [4.69, 9.17) is 5.11 Å². The number of carbonyl (C=O) groups excluding carboxylic acids is 1. The molecule has 0 aliphatic heterocycles. The predicted octanol–water partition coefficient (Wildman–Crippen LogP) is 0.646. The lowest BCUT2D eigenvalue weighted by Crippen LogP contribution is -2.27. The third-order valence-electron chi connectivity index (χ3n) is 1.44. The molecule has 2 N–H and O–H groups in total. The maximum absolute atomic E-state index is 10.9. The van der Waals surface area contributed by atoms with Gasteiger partial charge in [-0.1, -0.05) is 6.07 Å². The maximum atomic E-state index is 10.9. The molecule has 0 bridgehead atoms. The summed E-state index contributed by atoms with van der Waals surface area (Å²) in [4.78, 5) is 14.8. The monoisotopic (exact) mass is 196 g/mol. The highest BCUT2D eigenvalue weighted by Crippen LogP contribution is 1.95. The molecule has 0 aliphatic carbocycles. The van der Waals surface area contributed by atoms with Gasteiger partial charge in [0.2, 0.25) is 0 Å². The van der Waals surface area contributed by atoms with Crippen molar-refractivity contribution < 1.29 is 14.6 Å². The number of pyridine rings is 1. The summed E-state index contributed by atoms with van der Waals surface area (Å²) in [6, 6.07) is 3.60. The Kier molecular flexibility index (Phi) is 3.87. The van der Waals surface area contributed by atoms with Crippen molar-refractivity contribution in [2.75, 3.05) is 0 Å². The molecule has 0 aromatic carbocycles. The summed E-state index contributed by atoms with van der Waals surface area (Å²) in [6.45, 7) is 1.70. The van der Waals surface area contributed by atoms with Crippen molar-refractivity contribution in [3.05, 3.63) is 30.1 Å². The van der Waals surface area contributed by atoms with E-state index < -0.39 is 12.4 Å². The average Bonchev–Trinajstić information content (AvgIpc) is 2.15. The number of amides is 1. The Labute approximate surface area is 81.7 Å². The molecule has 1 heterocycles. The van der Waals surface area contributed by atoms with Crippen LogP contribution in [0.15, 0.2) is 24.5 Å². The van der Waals surface area contributed by atoms with Crippen molar-refractivity contribution in [1.29, 1.82) is 0 Å². The number of hydrogen-bond acceptors (Lipinski definition) is 4. The number of rotatable bonds is 3. The number of aromatic nitrogens is 1. The lowest BCUT2D eigenvalue weighted by atomic mass is 10.3. The minimum atomic E-state index is -1.09. The van der Waals surface area contributed by atoms with Crippen LogP contribution in [0.2, 0.25) is 0 Å². The summed E-state index contributed by atoms with van der Waals surface area (Å²) in [5.41, 5.74) is 0.870. The van der Waals surface area contributed by atoms with Crippen molar-refractivity contribution in [1.82, 2.24) is 10.3 Å². The van der Waals surface area contributed by atoms with Crippen LogP contribution in [0, 0.1) is 0 Å². The number of carbonyl (C=O) groups is 1. The summed E-state index contributed by atoms with van der Waals surface area (Å²) >= 11 is 0. The number of nitrogens with zero attached hydrogens (tertiary/aromatic N) is 1. The Morgan fingerprint density at radius 1 is 1.79 bits per heavy atom. The van der Waals surface area contributed by atoms with E-state index in [-0.39, 0.29) is 0 Å². The van der Waals surface area contributed by atoms with Crippen molar-refractivity contribution in [3.63, 3.8) is 0 Å². The fraction of sp³-hybridized carbons (Fsp3) is 0.333. The fourth-order valence-electron chi connectivity index (χ4n) is 0.873. The van der Waals surface area contributed by atoms with E-state index in [0.29, 0.717) is 6.54 Å². The zero-order chi connectivity index (χ0) is 10.4. The van der Waals surface area contributed by atoms with Crippen LogP contribution in [0.25, 0.3) is 0 Å². The van der Waals surface area contributed by atoms with Gasteiger partial charge in [-0.25, -0.2) is 4.79 Å². The van der Waals surface area contributed by atoms with E-state index >= 15 is 0 Å². The molecule has 0 aliphatic rings. The molecular formula is C9H12N2O3. The Hall–Kier alpha value is -1.62. The second kappa shape index (κ2) is 5.18. The molecule has 1 rings (SSSR count). The first kappa shape index (κ1) is 10.5. The smallest absolute Gasteiger partial charge is 0.409 e. The average molecular weight is 196 g/mol. The molecule has 0 fully saturated rings. The molecule has 1 unspecified atom stereocenters. The molecule has 1 aromatic rings. The predicted molar refractivity (Wildman–Crippen MR) is 49.2 cm³/mol. The van der Waals surface area contributed by atoms with E-state index in [0.717, 1.165) is 5.56 Å². The number of ether oxygens (including phenoxy) is 1. The molecule has 5 heteroatoms. The van der Waals surface area contributed by atoms with E-state index in [1.165, 1.54) is 6.92 Å². The molecule has 0 saturated heterocycles. The van der Waals surface area contributed by atoms with Crippen LogP contribution in [0.5, 0.6) is 0 Å². The topological polar surface area (TPSA) is 71.5 Å². The molecule has 14 heavy (non-hydrogen) atoms. The Morgan fingerprint density at radius 3 is 3.14 bits per heavy atom. The molecule has 76 valence electrons. The molecule has 1 atom stereocenters. The highest BCUT2D eigenvalue weighted by atomic mass is 16.6. The highest BCUT2D eigenvalue weighted by molar-refractivity contribution is 5.67. The molecular weight excluding hydrogens is 184 g/mol. The molecule has 0 spiro atoms. The Bertz CT molecular complexity index is 287. The van der Waals surface area contributed by atoms with Gasteiger partial charge in [0.05, 0.1) is 0 Å². The number of hydrogen-bond donors (Lipinski definition) is 2. The van der Waals surface area contributed by atoms with Crippen molar-refractivity contribution >= 4 is 6.09 Å². The van der Waals surface area contributed by atoms with Gasteiger partial charge in [0.1, 0.15) is 0 Å². The Morgan fingerprint density at radius 2 is 2.57 bits per heavy atom. The van der Waals surface area contributed by atoms with Crippen LogP contribution >= 0.6 is 0 Å². The van der Waals surface area contributed by atoms with Crippen LogP contribution in [0.3, 0.4) is 0 Å². The van der Waals surface area contributed by atoms with E-state index in [9.17, 15) is 4.79 Å². The number of aliphatic hydroxyl groups excluding tert-OH is 1. The lowest BCUT2D eigenvalue weighted by Gasteiger charge is -2.08. The molecule has 1 aromatic heterocycles. The third-order valence-corrected chi connectivity index (χ3v) is 1.44. The van der Waals surface area contributed by atoms with E-state index in [1.807, 2.05) is 6.07 Å². The van der Waals surface area contributed by atoms with E-state index in [2.05, 4.69) is 15.0 Å². The van der Waals surface area contributed by atoms with Gasteiger partial charge in [-0.15, -0.1) is 0 Å². The minimum Gasteiger partial charge on any atom is -0.420 e. The van der Waals surface area contributed by atoms with Crippen LogP contribution in [-0.2, 0) is 11.3 Å². The molecule has 1 amide bonds. The molecule has 0 radical (unpaired) electrons. The van der Waals surface area contributed by atoms with Crippen molar-refractivity contribution in [2.45, 2.75) is 19.8 Å². The minimum absolute atomic E-state index is 0.333. The molecule has 0 saturated carbocycles. The normalized spacial score (nSPS) is 11.9. The van der Waals surface area contributed by atoms with E-state index in [1.54, 1.807) is 18.5 Å². The standard InChI is InChI=1S/C9H12N2O3/c1-7(12)14-9(13)11-6-8-3-2-4-10-5-8/h2-5,7,12H,6H2,1H3,(H,11,13). The summed E-state index contributed by atoms with van der Waals surface area (Å²) in [5, 5.41) is 11.2. The number of nitrogens with one attached hydrogen (secondary N) is 1. The fourth-order valence-corrected chi connectivity index (χ4v) is 0.873. The van der Waals surface area contributed by atoms with Gasteiger partial charge >= 0.3 is 6.09 Å². The van der Waals surface area contributed by atoms with Gasteiger partial charge in [0.15, 0.2) is 6.29 Å². The van der Waals surface area contributed by atoms with Crippen molar-refractivity contribution in [2.24, 2.45) is 0 Å². The summed E-state index contributed by atoms with van der Waals surface area (Å²) < 4.78 is 4.46. The van der Waals surface area contributed by atoms with Crippen molar-refractivity contribution in [3.8, 4) is 0 Å². The zero-order valence-corrected chi connectivity index (χ0v) is 7.80. The maximum Gasteiger partial charge on any atom is 0.409 e. The largest absolute Gasteiger partial charge is 0.420 e. The Balaban J connectivity index is 2.31. The lowest BCUT2D eigenvalue weighted by molar-refractivity contribution is -0.0373. The quantitative estimate of drug-likeness (QED) is 0.696. The number of alkyl carbamates (subject to hydrolysis) is 1. The second-order valence-electron chi connectivity index (χ2n) is 2.72. The first-order chi connectivity index (χ1) is 6.68. The van der Waals surface area contributed by atoms with Gasteiger partial charge in [-0.05, 0) is 18.6 Å². The van der Waals surface area contributed by atoms with Crippen LogP contribution < -0.4 is 5.32 Å². The van der Waals surface area contributed by atoms with Crippen LogP contribution in [0.4, 0.5) is 4.79 Å².